The Labute approximate surface area is 108 Å². The van der Waals surface area contributed by atoms with Gasteiger partial charge >= 0.3 is 0 Å². The molecule has 18 heavy (non-hydrogen) atoms. The molecule has 4 nitrogen and oxygen atoms in total. The predicted octanol–water partition coefficient (Wildman–Crippen LogP) is 1.26. The van der Waals surface area contributed by atoms with Crippen LogP contribution in [0.4, 0.5) is 0 Å². The molecule has 0 atom stereocenters. The van der Waals surface area contributed by atoms with E-state index >= 15 is 0 Å². The first kappa shape index (κ1) is 12.9. The van der Waals surface area contributed by atoms with E-state index in [1.54, 1.807) is 6.92 Å². The number of nitrogens with zero attached hydrogens (tertiary/aromatic N) is 2. The highest BCUT2D eigenvalue weighted by Gasteiger charge is 2.12. The number of hydrogen-bond acceptors (Lipinski definition) is 2. The van der Waals surface area contributed by atoms with Crippen LogP contribution in [0, 0.1) is 0 Å². The summed E-state index contributed by atoms with van der Waals surface area (Å²) in [4.78, 5) is 13.3. The number of nitrogens with one attached hydrogen (secondary N) is 1. The summed E-state index contributed by atoms with van der Waals surface area (Å²) in [6, 6.07) is 4.11. The molecular weight excluding hydrogens is 226 g/mol. The van der Waals surface area contributed by atoms with E-state index in [1.165, 1.54) is 5.57 Å². The summed E-state index contributed by atoms with van der Waals surface area (Å²) in [6.07, 6.45) is 7.53. The highest BCUT2D eigenvalue weighted by molar-refractivity contribution is 5.73. The highest BCUT2D eigenvalue weighted by atomic mass is 16.1. The van der Waals surface area contributed by atoms with E-state index in [0.717, 1.165) is 32.6 Å². The summed E-state index contributed by atoms with van der Waals surface area (Å²) in [5.41, 5.74) is 1.32. The maximum absolute atomic E-state index is 10.9. The minimum atomic E-state index is 0.0420. The molecule has 0 spiro atoms. The molecule has 1 N–H and O–H groups in total. The molecule has 0 saturated heterocycles. The first-order valence-electron chi connectivity index (χ1n) is 6.49. The number of aromatic nitrogens is 1. The summed E-state index contributed by atoms with van der Waals surface area (Å²) in [7, 11) is 0. The van der Waals surface area contributed by atoms with Crippen molar-refractivity contribution in [3.8, 4) is 0 Å². The van der Waals surface area contributed by atoms with Crippen molar-refractivity contribution in [1.82, 2.24) is 14.8 Å². The zero-order valence-electron chi connectivity index (χ0n) is 10.9. The first-order valence-corrected chi connectivity index (χ1v) is 6.49. The molecule has 1 aromatic rings. The first-order chi connectivity index (χ1) is 8.74. The van der Waals surface area contributed by atoms with Crippen LogP contribution in [-0.2, 0) is 11.3 Å². The van der Waals surface area contributed by atoms with Gasteiger partial charge in [-0.3, -0.25) is 9.69 Å². The van der Waals surface area contributed by atoms with Gasteiger partial charge in [0.05, 0.1) is 0 Å². The number of carbonyl (C=O) groups is 1. The lowest BCUT2D eigenvalue weighted by Gasteiger charge is -2.27. The molecule has 0 radical (unpaired) electrons. The zero-order chi connectivity index (χ0) is 12.8. The van der Waals surface area contributed by atoms with E-state index in [-0.39, 0.29) is 5.91 Å². The number of carbonyl (C=O) groups excluding carboxylic acids is 1. The average molecular weight is 247 g/mol. The molecule has 2 heterocycles. The van der Waals surface area contributed by atoms with Gasteiger partial charge in [0.2, 0.25) is 5.91 Å². The normalized spacial score (nSPS) is 16.4. The van der Waals surface area contributed by atoms with Gasteiger partial charge in [0.25, 0.3) is 0 Å². The van der Waals surface area contributed by atoms with Crippen LogP contribution in [0.15, 0.2) is 36.2 Å². The minimum absolute atomic E-state index is 0.0420. The second-order valence-corrected chi connectivity index (χ2v) is 4.76. The lowest BCUT2D eigenvalue weighted by atomic mass is 10.1. The van der Waals surface area contributed by atoms with Crippen LogP contribution in [0.2, 0.25) is 0 Å². The lowest BCUT2D eigenvalue weighted by Crippen LogP contribution is -2.36. The molecule has 0 bridgehead atoms. The molecule has 1 aromatic heterocycles. The van der Waals surface area contributed by atoms with E-state index in [2.05, 4.69) is 45.4 Å². The second-order valence-electron chi connectivity index (χ2n) is 4.76. The molecule has 1 aliphatic rings. The van der Waals surface area contributed by atoms with Crippen LogP contribution < -0.4 is 5.32 Å². The fraction of sp³-hybridized carbons (Fsp3) is 0.500. The molecule has 4 heteroatoms. The number of rotatable bonds is 5. The maximum Gasteiger partial charge on any atom is 0.217 e. The van der Waals surface area contributed by atoms with Gasteiger partial charge in [-0.15, -0.1) is 0 Å². The van der Waals surface area contributed by atoms with Crippen molar-refractivity contribution in [3.05, 3.63) is 36.2 Å². The van der Waals surface area contributed by atoms with Crippen molar-refractivity contribution in [2.75, 3.05) is 26.2 Å². The Hall–Kier alpha value is -1.55. The highest BCUT2D eigenvalue weighted by Crippen LogP contribution is 2.09. The summed E-state index contributed by atoms with van der Waals surface area (Å²) in [5.74, 6) is 0.0420. The Morgan fingerprint density at radius 2 is 2.11 bits per heavy atom. The Balaban J connectivity index is 1.75. The van der Waals surface area contributed by atoms with Gasteiger partial charge in [-0.2, -0.15) is 0 Å². The summed E-state index contributed by atoms with van der Waals surface area (Å²) >= 11 is 0. The van der Waals surface area contributed by atoms with Gasteiger partial charge in [0.15, 0.2) is 0 Å². The van der Waals surface area contributed by atoms with Crippen LogP contribution in [-0.4, -0.2) is 41.6 Å². The fourth-order valence-corrected chi connectivity index (χ4v) is 2.22. The van der Waals surface area contributed by atoms with E-state index in [0.29, 0.717) is 6.54 Å². The zero-order valence-corrected chi connectivity index (χ0v) is 10.9. The molecule has 0 aromatic carbocycles. The summed E-state index contributed by atoms with van der Waals surface area (Å²) in [5, 5.41) is 2.87. The second kappa shape index (κ2) is 6.40. The van der Waals surface area contributed by atoms with Gasteiger partial charge in [0.1, 0.15) is 0 Å². The standard InChI is InChI=1S/C14H21N3O/c1-13(18)15-11-14-5-4-8-17(12-14)10-9-16-6-2-3-7-16/h2-3,5-7H,4,8-12H2,1H3,(H,15,18). The van der Waals surface area contributed by atoms with Crippen LogP contribution in [0.1, 0.15) is 13.3 Å². The third kappa shape index (κ3) is 4.04. The Kier molecular flexibility index (Phi) is 4.59. The smallest absolute Gasteiger partial charge is 0.217 e. The molecule has 0 saturated carbocycles. The number of amides is 1. The molecule has 0 fully saturated rings. The van der Waals surface area contributed by atoms with Crippen molar-refractivity contribution >= 4 is 5.91 Å². The SMILES string of the molecule is CC(=O)NCC1=CCCN(CCn2cccc2)C1. The van der Waals surface area contributed by atoms with Gasteiger partial charge in [0, 0.05) is 52.0 Å². The molecule has 1 amide bonds. The quantitative estimate of drug-likeness (QED) is 0.795. The predicted molar refractivity (Wildman–Crippen MR) is 72.3 cm³/mol. The molecule has 0 unspecified atom stereocenters. The molecule has 1 aliphatic heterocycles. The van der Waals surface area contributed by atoms with E-state index < -0.39 is 0 Å². The topological polar surface area (TPSA) is 37.3 Å². The van der Waals surface area contributed by atoms with E-state index in [9.17, 15) is 4.79 Å². The van der Waals surface area contributed by atoms with Crippen LogP contribution in [0.25, 0.3) is 0 Å². The molecule has 98 valence electrons. The molecule has 2 rings (SSSR count). The van der Waals surface area contributed by atoms with E-state index in [1.807, 2.05) is 0 Å². The Bertz CT molecular complexity index is 409. The van der Waals surface area contributed by atoms with Crippen molar-refractivity contribution in [2.45, 2.75) is 19.9 Å². The third-order valence-corrected chi connectivity index (χ3v) is 3.21. The van der Waals surface area contributed by atoms with Gasteiger partial charge in [-0.05, 0) is 24.1 Å². The average Bonchev–Trinajstić information content (AvgIpc) is 2.87. The van der Waals surface area contributed by atoms with E-state index in [4.69, 9.17) is 0 Å². The lowest BCUT2D eigenvalue weighted by molar-refractivity contribution is -0.118. The Morgan fingerprint density at radius 3 is 2.83 bits per heavy atom. The Morgan fingerprint density at radius 1 is 1.33 bits per heavy atom. The summed E-state index contributed by atoms with van der Waals surface area (Å²) < 4.78 is 2.20. The van der Waals surface area contributed by atoms with Gasteiger partial charge < -0.3 is 9.88 Å². The van der Waals surface area contributed by atoms with Crippen molar-refractivity contribution < 1.29 is 4.79 Å². The van der Waals surface area contributed by atoms with Crippen molar-refractivity contribution in [1.29, 1.82) is 0 Å². The number of hydrogen-bond donors (Lipinski definition) is 1. The third-order valence-electron chi connectivity index (χ3n) is 3.21. The fourth-order valence-electron chi connectivity index (χ4n) is 2.22. The largest absolute Gasteiger partial charge is 0.353 e. The van der Waals surface area contributed by atoms with Crippen LogP contribution >= 0.6 is 0 Å². The maximum atomic E-state index is 10.9. The summed E-state index contributed by atoms with van der Waals surface area (Å²) in [6.45, 7) is 6.43. The van der Waals surface area contributed by atoms with Crippen LogP contribution in [0.3, 0.4) is 0 Å². The van der Waals surface area contributed by atoms with Gasteiger partial charge in [-0.25, -0.2) is 0 Å². The minimum Gasteiger partial charge on any atom is -0.353 e. The van der Waals surface area contributed by atoms with Crippen molar-refractivity contribution in [3.63, 3.8) is 0 Å². The van der Waals surface area contributed by atoms with Crippen molar-refractivity contribution in [2.24, 2.45) is 0 Å². The van der Waals surface area contributed by atoms with Crippen LogP contribution in [0.5, 0.6) is 0 Å². The molecular formula is C14H21N3O. The van der Waals surface area contributed by atoms with Gasteiger partial charge in [-0.1, -0.05) is 6.08 Å². The molecule has 0 aliphatic carbocycles. The monoisotopic (exact) mass is 247 g/mol.